The highest BCUT2D eigenvalue weighted by molar-refractivity contribution is 5.75. The minimum absolute atomic E-state index is 0.0474. The summed E-state index contributed by atoms with van der Waals surface area (Å²) < 4.78 is 37.8. The van der Waals surface area contributed by atoms with Gasteiger partial charge >= 0.3 is 6.18 Å². The van der Waals surface area contributed by atoms with Crippen LogP contribution in [0.25, 0.3) is 0 Å². The summed E-state index contributed by atoms with van der Waals surface area (Å²) in [5.74, 6) is 0.430. The fraction of sp³-hybridized carbons (Fsp3) is 0.538. The molecular formula is C13H16F3N3O. The van der Waals surface area contributed by atoms with Crippen LogP contribution in [0.4, 0.5) is 19.0 Å². The second kappa shape index (κ2) is 5.68. The van der Waals surface area contributed by atoms with Crippen molar-refractivity contribution in [1.29, 1.82) is 0 Å². The number of rotatable bonds is 3. The quantitative estimate of drug-likeness (QED) is 0.925. The number of hydrogen-bond donors (Lipinski definition) is 1. The first-order valence-electron chi connectivity index (χ1n) is 6.40. The van der Waals surface area contributed by atoms with E-state index < -0.39 is 11.9 Å². The van der Waals surface area contributed by atoms with Crippen molar-refractivity contribution in [2.75, 3.05) is 25.0 Å². The van der Waals surface area contributed by atoms with E-state index in [2.05, 4.69) is 10.3 Å². The molecule has 1 fully saturated rings. The van der Waals surface area contributed by atoms with Crippen LogP contribution in [-0.2, 0) is 11.0 Å². The Morgan fingerprint density at radius 2 is 2.25 bits per heavy atom. The van der Waals surface area contributed by atoms with E-state index in [1.54, 1.807) is 18.0 Å². The first kappa shape index (κ1) is 14.6. The van der Waals surface area contributed by atoms with Crippen molar-refractivity contribution in [1.82, 2.24) is 10.3 Å². The lowest BCUT2D eigenvalue weighted by atomic mass is 10.1. The van der Waals surface area contributed by atoms with Crippen LogP contribution in [0.5, 0.6) is 0 Å². The average Bonchev–Trinajstić information content (AvgIpc) is 2.86. The zero-order chi connectivity index (χ0) is 14.8. The molecule has 1 saturated heterocycles. The summed E-state index contributed by atoms with van der Waals surface area (Å²) in [6, 6.07) is 3.89. The largest absolute Gasteiger partial charge is 0.433 e. The van der Waals surface area contributed by atoms with E-state index in [4.69, 9.17) is 0 Å². The maximum absolute atomic E-state index is 12.6. The summed E-state index contributed by atoms with van der Waals surface area (Å²) in [6.07, 6.45) is -3.26. The van der Waals surface area contributed by atoms with Gasteiger partial charge in [-0.15, -0.1) is 0 Å². The van der Waals surface area contributed by atoms with Crippen LogP contribution in [0.15, 0.2) is 18.2 Å². The highest BCUT2D eigenvalue weighted by atomic mass is 19.4. The number of anilines is 1. The summed E-state index contributed by atoms with van der Waals surface area (Å²) >= 11 is 0. The van der Waals surface area contributed by atoms with Crippen LogP contribution in [0.1, 0.15) is 18.5 Å². The second-order valence-corrected chi connectivity index (χ2v) is 4.86. The Morgan fingerprint density at radius 3 is 2.90 bits per heavy atom. The number of hydrogen-bond acceptors (Lipinski definition) is 3. The van der Waals surface area contributed by atoms with Gasteiger partial charge < -0.3 is 10.2 Å². The molecule has 110 valence electrons. The first-order chi connectivity index (χ1) is 9.40. The maximum atomic E-state index is 12.6. The third kappa shape index (κ3) is 3.40. The van der Waals surface area contributed by atoms with Crippen LogP contribution < -0.4 is 10.2 Å². The van der Waals surface area contributed by atoms with Gasteiger partial charge in [0.15, 0.2) is 0 Å². The molecule has 1 aromatic rings. The average molecular weight is 287 g/mol. The molecule has 0 radical (unpaired) electrons. The number of aromatic nitrogens is 1. The molecule has 7 heteroatoms. The number of amides is 1. The molecule has 1 unspecified atom stereocenters. The number of alkyl halides is 3. The van der Waals surface area contributed by atoms with Crippen LogP contribution in [0.3, 0.4) is 0 Å². The van der Waals surface area contributed by atoms with Gasteiger partial charge in [-0.05, 0) is 24.5 Å². The Bertz CT molecular complexity index is 490. The van der Waals surface area contributed by atoms with E-state index in [0.717, 1.165) is 12.5 Å². The molecule has 0 aliphatic carbocycles. The smallest absolute Gasteiger partial charge is 0.359 e. The lowest BCUT2D eigenvalue weighted by molar-refractivity contribution is -0.141. The Balaban J connectivity index is 2.05. The molecule has 1 aromatic heterocycles. The molecule has 20 heavy (non-hydrogen) atoms. The van der Waals surface area contributed by atoms with Gasteiger partial charge in [0.05, 0.1) is 0 Å². The van der Waals surface area contributed by atoms with E-state index in [1.165, 1.54) is 6.07 Å². The van der Waals surface area contributed by atoms with Gasteiger partial charge in [-0.1, -0.05) is 6.07 Å². The lowest BCUT2D eigenvalue weighted by Gasteiger charge is -2.18. The van der Waals surface area contributed by atoms with E-state index in [0.29, 0.717) is 25.3 Å². The van der Waals surface area contributed by atoms with E-state index >= 15 is 0 Å². The zero-order valence-corrected chi connectivity index (χ0v) is 11.1. The van der Waals surface area contributed by atoms with Crippen LogP contribution >= 0.6 is 0 Å². The van der Waals surface area contributed by atoms with Gasteiger partial charge in [0, 0.05) is 26.6 Å². The lowest BCUT2D eigenvalue weighted by Crippen LogP contribution is -2.25. The molecular weight excluding hydrogens is 271 g/mol. The molecule has 1 N–H and O–H groups in total. The third-order valence-corrected chi connectivity index (χ3v) is 3.39. The molecule has 0 saturated carbocycles. The van der Waals surface area contributed by atoms with Crippen LogP contribution in [-0.4, -0.2) is 31.0 Å². The molecule has 1 atom stereocenters. The van der Waals surface area contributed by atoms with Crippen molar-refractivity contribution in [3.63, 3.8) is 0 Å². The van der Waals surface area contributed by atoms with E-state index in [1.807, 2.05) is 0 Å². The van der Waals surface area contributed by atoms with Crippen LogP contribution in [0.2, 0.25) is 0 Å². The summed E-state index contributed by atoms with van der Waals surface area (Å²) in [7, 11) is 1.57. The number of nitrogens with one attached hydrogen (secondary N) is 1. The van der Waals surface area contributed by atoms with Crippen molar-refractivity contribution in [3.05, 3.63) is 23.9 Å². The molecule has 4 nitrogen and oxygen atoms in total. The number of carbonyl (C=O) groups is 1. The Kier molecular flexibility index (Phi) is 4.15. The number of nitrogens with zero attached hydrogens (tertiary/aromatic N) is 2. The highest BCUT2D eigenvalue weighted by Crippen LogP contribution is 2.30. The number of pyridine rings is 1. The fourth-order valence-corrected chi connectivity index (χ4v) is 2.33. The summed E-state index contributed by atoms with van der Waals surface area (Å²) in [5, 5.41) is 2.55. The van der Waals surface area contributed by atoms with Gasteiger partial charge in [0.1, 0.15) is 11.5 Å². The Labute approximate surface area is 115 Å². The normalized spacial score (nSPS) is 19.2. The predicted octanol–water partition coefficient (Wildman–Crippen LogP) is 2.06. The van der Waals surface area contributed by atoms with E-state index in [9.17, 15) is 18.0 Å². The second-order valence-electron chi connectivity index (χ2n) is 4.86. The number of carbonyl (C=O) groups excluding carboxylic acids is 1. The number of halogens is 3. The third-order valence-electron chi connectivity index (χ3n) is 3.39. The molecule has 0 aromatic carbocycles. The molecule has 2 heterocycles. The standard InChI is InChI=1S/C13H16F3N3O/c1-17-12(20)7-9-5-6-19(8-9)11-4-2-3-10(18-11)13(14,15)16/h2-4,9H,5-8H2,1H3,(H,17,20). The Morgan fingerprint density at radius 1 is 1.50 bits per heavy atom. The molecule has 0 spiro atoms. The van der Waals surface area contributed by atoms with Gasteiger partial charge in [0.2, 0.25) is 5.91 Å². The van der Waals surface area contributed by atoms with Crippen molar-refractivity contribution in [3.8, 4) is 0 Å². The van der Waals surface area contributed by atoms with Crippen molar-refractivity contribution in [2.24, 2.45) is 5.92 Å². The van der Waals surface area contributed by atoms with Crippen molar-refractivity contribution in [2.45, 2.75) is 19.0 Å². The van der Waals surface area contributed by atoms with Gasteiger partial charge in [-0.25, -0.2) is 4.98 Å². The molecule has 1 aliphatic rings. The van der Waals surface area contributed by atoms with Gasteiger partial charge in [0.25, 0.3) is 0 Å². The minimum Gasteiger partial charge on any atom is -0.359 e. The monoisotopic (exact) mass is 287 g/mol. The van der Waals surface area contributed by atoms with Crippen LogP contribution in [0, 0.1) is 5.92 Å². The van der Waals surface area contributed by atoms with Gasteiger partial charge in [-0.2, -0.15) is 13.2 Å². The topological polar surface area (TPSA) is 45.2 Å². The van der Waals surface area contributed by atoms with E-state index in [-0.39, 0.29) is 11.8 Å². The van der Waals surface area contributed by atoms with Crippen molar-refractivity contribution >= 4 is 11.7 Å². The predicted molar refractivity (Wildman–Crippen MR) is 68.2 cm³/mol. The zero-order valence-electron chi connectivity index (χ0n) is 11.1. The SMILES string of the molecule is CNC(=O)CC1CCN(c2cccc(C(F)(F)F)n2)C1. The molecule has 1 amide bonds. The van der Waals surface area contributed by atoms with Gasteiger partial charge in [-0.3, -0.25) is 4.79 Å². The minimum atomic E-state index is -4.43. The summed E-state index contributed by atoms with van der Waals surface area (Å²) in [6.45, 7) is 1.18. The molecule has 0 bridgehead atoms. The molecule has 2 rings (SSSR count). The van der Waals surface area contributed by atoms with Crippen molar-refractivity contribution < 1.29 is 18.0 Å². The maximum Gasteiger partial charge on any atom is 0.433 e. The summed E-state index contributed by atoms with van der Waals surface area (Å²) in [4.78, 5) is 16.8. The summed E-state index contributed by atoms with van der Waals surface area (Å²) in [5.41, 5.74) is -0.884. The Hall–Kier alpha value is -1.79. The highest BCUT2D eigenvalue weighted by Gasteiger charge is 2.33. The first-order valence-corrected chi connectivity index (χ1v) is 6.40. The fourth-order valence-electron chi connectivity index (χ4n) is 2.33. The molecule has 1 aliphatic heterocycles.